The second-order valence-electron chi connectivity index (χ2n) is 5.66. The van der Waals surface area contributed by atoms with Crippen LogP contribution in [0.3, 0.4) is 0 Å². The molecule has 0 aliphatic carbocycles. The van der Waals surface area contributed by atoms with Crippen molar-refractivity contribution in [3.63, 3.8) is 0 Å². The number of amides is 1. The molecule has 0 unspecified atom stereocenters. The first-order valence-electron chi connectivity index (χ1n) is 8.00. The number of rotatable bonds is 5. The number of ether oxygens (including phenoxy) is 1. The second-order valence-corrected chi connectivity index (χ2v) is 6.64. The van der Waals surface area contributed by atoms with Gasteiger partial charge in [-0.1, -0.05) is 47.7 Å². The lowest BCUT2D eigenvalue weighted by molar-refractivity contribution is -0.118. The average molecular weight is 365 g/mol. The van der Waals surface area contributed by atoms with Crippen molar-refractivity contribution < 1.29 is 13.9 Å². The fourth-order valence-corrected chi connectivity index (χ4v) is 3.19. The lowest BCUT2D eigenvalue weighted by Gasteiger charge is -2.07. The Hall–Kier alpha value is -3.19. The highest BCUT2D eigenvalue weighted by Gasteiger charge is 2.14. The largest absolute Gasteiger partial charge is 0.483 e. The number of fused-ring (bicyclic) bond motifs is 1. The molecule has 0 saturated carbocycles. The average Bonchev–Trinajstić information content (AvgIpc) is 3.27. The van der Waals surface area contributed by atoms with E-state index in [1.54, 1.807) is 0 Å². The molecule has 4 rings (SSSR count). The number of para-hydroxylation sites is 2. The highest BCUT2D eigenvalue weighted by atomic mass is 32.1. The lowest BCUT2D eigenvalue weighted by atomic mass is 10.2. The summed E-state index contributed by atoms with van der Waals surface area (Å²) in [5.74, 6) is 1.02. The van der Waals surface area contributed by atoms with Crippen molar-refractivity contribution in [1.29, 1.82) is 0 Å². The summed E-state index contributed by atoms with van der Waals surface area (Å²) in [6, 6.07) is 17.2. The van der Waals surface area contributed by atoms with Crippen molar-refractivity contribution in [2.45, 2.75) is 6.92 Å². The summed E-state index contributed by atoms with van der Waals surface area (Å²) in [7, 11) is 0. The predicted octanol–water partition coefficient (Wildman–Crippen LogP) is 4.28. The maximum atomic E-state index is 12.1. The van der Waals surface area contributed by atoms with Crippen molar-refractivity contribution in [2.75, 3.05) is 11.9 Å². The number of nitrogens with zero attached hydrogens (tertiary/aromatic N) is 2. The van der Waals surface area contributed by atoms with Crippen LogP contribution in [0.2, 0.25) is 0 Å². The number of aryl methyl sites for hydroxylation is 1. The number of anilines is 1. The second kappa shape index (κ2) is 6.97. The van der Waals surface area contributed by atoms with Gasteiger partial charge in [-0.3, -0.25) is 10.1 Å². The minimum Gasteiger partial charge on any atom is -0.483 e. The molecule has 2 heterocycles. The van der Waals surface area contributed by atoms with Gasteiger partial charge in [-0.15, -0.1) is 10.2 Å². The third kappa shape index (κ3) is 3.43. The smallest absolute Gasteiger partial charge is 0.264 e. The van der Waals surface area contributed by atoms with Gasteiger partial charge in [-0.05, 0) is 30.7 Å². The normalized spacial score (nSPS) is 10.8. The standard InChI is InChI=1S/C19H15N3O3S/c1-12-6-2-4-8-14(12)24-11-17(23)20-19-22-21-18(26-19)16-10-13-7-3-5-9-15(13)25-16/h2-10H,11H2,1H3,(H,20,22,23). The molecule has 0 atom stereocenters. The zero-order valence-electron chi connectivity index (χ0n) is 13.9. The molecule has 26 heavy (non-hydrogen) atoms. The molecule has 4 aromatic rings. The van der Waals surface area contributed by atoms with Crippen LogP contribution in [0.25, 0.3) is 21.7 Å². The van der Waals surface area contributed by atoms with E-state index in [9.17, 15) is 4.79 Å². The summed E-state index contributed by atoms with van der Waals surface area (Å²) >= 11 is 1.25. The van der Waals surface area contributed by atoms with E-state index in [-0.39, 0.29) is 12.5 Å². The SMILES string of the molecule is Cc1ccccc1OCC(=O)Nc1nnc(-c2cc3ccccc3o2)s1. The van der Waals surface area contributed by atoms with Crippen LogP contribution in [-0.4, -0.2) is 22.7 Å². The van der Waals surface area contributed by atoms with E-state index in [0.717, 1.165) is 16.5 Å². The van der Waals surface area contributed by atoms with Gasteiger partial charge in [0.2, 0.25) is 5.13 Å². The van der Waals surface area contributed by atoms with Crippen LogP contribution >= 0.6 is 11.3 Å². The summed E-state index contributed by atoms with van der Waals surface area (Å²) < 4.78 is 11.3. The van der Waals surface area contributed by atoms with Crippen LogP contribution in [0.5, 0.6) is 5.75 Å². The Bertz CT molecular complexity index is 1040. The monoisotopic (exact) mass is 365 g/mol. The third-order valence-electron chi connectivity index (χ3n) is 3.76. The summed E-state index contributed by atoms with van der Waals surface area (Å²) in [5, 5.41) is 12.8. The van der Waals surface area contributed by atoms with E-state index in [0.29, 0.717) is 21.6 Å². The Morgan fingerprint density at radius 1 is 1.15 bits per heavy atom. The predicted molar refractivity (Wildman–Crippen MR) is 100 cm³/mol. The molecule has 7 heteroatoms. The molecule has 130 valence electrons. The quantitative estimate of drug-likeness (QED) is 0.571. The van der Waals surface area contributed by atoms with Gasteiger partial charge in [-0.2, -0.15) is 0 Å². The van der Waals surface area contributed by atoms with E-state index in [4.69, 9.17) is 9.15 Å². The summed E-state index contributed by atoms with van der Waals surface area (Å²) in [6.07, 6.45) is 0. The van der Waals surface area contributed by atoms with Crippen molar-refractivity contribution in [1.82, 2.24) is 10.2 Å². The van der Waals surface area contributed by atoms with Gasteiger partial charge in [0.25, 0.3) is 5.91 Å². The molecule has 1 N–H and O–H groups in total. The maximum absolute atomic E-state index is 12.1. The van der Waals surface area contributed by atoms with E-state index in [1.807, 2.05) is 61.5 Å². The molecule has 0 saturated heterocycles. The van der Waals surface area contributed by atoms with Gasteiger partial charge in [-0.25, -0.2) is 0 Å². The third-order valence-corrected chi connectivity index (χ3v) is 4.61. The summed E-state index contributed by atoms with van der Waals surface area (Å²) in [6.45, 7) is 1.84. The number of aromatic nitrogens is 2. The topological polar surface area (TPSA) is 77.2 Å². The molecule has 0 radical (unpaired) electrons. The Kier molecular flexibility index (Phi) is 4.37. The number of benzene rings is 2. The lowest BCUT2D eigenvalue weighted by Crippen LogP contribution is -2.20. The Balaban J connectivity index is 1.41. The van der Waals surface area contributed by atoms with Crippen molar-refractivity contribution in [2.24, 2.45) is 0 Å². The van der Waals surface area contributed by atoms with Gasteiger partial charge < -0.3 is 9.15 Å². The van der Waals surface area contributed by atoms with Crippen LogP contribution in [0, 0.1) is 6.92 Å². The van der Waals surface area contributed by atoms with Crippen LogP contribution in [0.15, 0.2) is 59.0 Å². The molecule has 2 aromatic carbocycles. The zero-order chi connectivity index (χ0) is 17.9. The number of carbonyl (C=O) groups excluding carboxylic acids is 1. The molecule has 2 aromatic heterocycles. The number of carbonyl (C=O) groups is 1. The van der Waals surface area contributed by atoms with Gasteiger partial charge >= 0.3 is 0 Å². The molecular weight excluding hydrogens is 350 g/mol. The zero-order valence-corrected chi connectivity index (χ0v) is 14.7. The van der Waals surface area contributed by atoms with Gasteiger partial charge in [0, 0.05) is 5.39 Å². The Morgan fingerprint density at radius 3 is 2.81 bits per heavy atom. The first-order chi connectivity index (χ1) is 12.7. The highest BCUT2D eigenvalue weighted by molar-refractivity contribution is 7.18. The van der Waals surface area contributed by atoms with Crippen LogP contribution in [0.1, 0.15) is 5.56 Å². The molecule has 0 fully saturated rings. The minimum absolute atomic E-state index is 0.0929. The highest BCUT2D eigenvalue weighted by Crippen LogP contribution is 2.31. The Labute approximate surface area is 153 Å². The summed E-state index contributed by atoms with van der Waals surface area (Å²) in [4.78, 5) is 12.1. The van der Waals surface area contributed by atoms with Crippen LogP contribution in [0.4, 0.5) is 5.13 Å². The molecule has 0 aliphatic rings. The number of nitrogens with one attached hydrogen (secondary N) is 1. The van der Waals surface area contributed by atoms with E-state index >= 15 is 0 Å². The molecule has 1 amide bonds. The Morgan fingerprint density at radius 2 is 1.96 bits per heavy atom. The maximum Gasteiger partial charge on any atom is 0.264 e. The molecule has 6 nitrogen and oxygen atoms in total. The van der Waals surface area contributed by atoms with Gasteiger partial charge in [0.1, 0.15) is 11.3 Å². The molecule has 0 aliphatic heterocycles. The first kappa shape index (κ1) is 16.3. The van der Waals surface area contributed by atoms with Crippen molar-refractivity contribution >= 4 is 33.3 Å². The van der Waals surface area contributed by atoms with Gasteiger partial charge in [0.05, 0.1) is 0 Å². The molecule has 0 spiro atoms. The van der Waals surface area contributed by atoms with Crippen molar-refractivity contribution in [3.05, 3.63) is 60.2 Å². The van der Waals surface area contributed by atoms with Crippen LogP contribution in [-0.2, 0) is 4.79 Å². The van der Waals surface area contributed by atoms with Crippen LogP contribution < -0.4 is 10.1 Å². The number of hydrogen-bond donors (Lipinski definition) is 1. The first-order valence-corrected chi connectivity index (χ1v) is 8.81. The fourth-order valence-electron chi connectivity index (χ4n) is 2.48. The molecule has 0 bridgehead atoms. The molecular formula is C19H15N3O3S. The number of hydrogen-bond acceptors (Lipinski definition) is 6. The van der Waals surface area contributed by atoms with Gasteiger partial charge in [0.15, 0.2) is 17.4 Å². The number of furan rings is 1. The minimum atomic E-state index is -0.291. The van der Waals surface area contributed by atoms with E-state index < -0.39 is 0 Å². The van der Waals surface area contributed by atoms with E-state index in [2.05, 4.69) is 15.5 Å². The summed E-state index contributed by atoms with van der Waals surface area (Å²) in [5.41, 5.74) is 1.76. The van der Waals surface area contributed by atoms with E-state index in [1.165, 1.54) is 11.3 Å². The van der Waals surface area contributed by atoms with Crippen molar-refractivity contribution in [3.8, 4) is 16.5 Å². The fraction of sp³-hybridized carbons (Fsp3) is 0.105.